The summed E-state index contributed by atoms with van der Waals surface area (Å²) in [6.45, 7) is 2.71. The largest absolute Gasteiger partial charge is 0.368 e. The normalized spacial score (nSPS) is 17.5. The van der Waals surface area contributed by atoms with Crippen LogP contribution in [0.5, 0.6) is 0 Å². The van der Waals surface area contributed by atoms with Gasteiger partial charge in [-0.05, 0) is 25.7 Å². The van der Waals surface area contributed by atoms with E-state index < -0.39 is 0 Å². The molecule has 0 radical (unpaired) electrons. The molecule has 0 saturated heterocycles. The molecule has 1 saturated carbocycles. The number of nitrogens with two attached hydrogens (primary N) is 1. The van der Waals surface area contributed by atoms with E-state index >= 15 is 0 Å². The van der Waals surface area contributed by atoms with Gasteiger partial charge < -0.3 is 11.1 Å². The highest BCUT2D eigenvalue weighted by atomic mass is 35.5. The van der Waals surface area contributed by atoms with Crippen LogP contribution in [0.3, 0.4) is 0 Å². The van der Waals surface area contributed by atoms with Gasteiger partial charge in [-0.2, -0.15) is 15.0 Å². The quantitative estimate of drug-likeness (QED) is 0.764. The molecule has 15 heavy (non-hydrogen) atoms. The molecule has 0 amide bonds. The number of halogens is 1. The van der Waals surface area contributed by atoms with Crippen molar-refractivity contribution in [2.24, 2.45) is 5.92 Å². The summed E-state index contributed by atoms with van der Waals surface area (Å²) in [7, 11) is 0. The van der Waals surface area contributed by atoms with Crippen LogP contribution in [0.4, 0.5) is 11.9 Å². The van der Waals surface area contributed by atoms with Gasteiger partial charge in [-0.25, -0.2) is 0 Å². The Morgan fingerprint density at radius 2 is 2.20 bits per heavy atom. The van der Waals surface area contributed by atoms with Crippen molar-refractivity contribution in [1.82, 2.24) is 15.0 Å². The summed E-state index contributed by atoms with van der Waals surface area (Å²) in [5.41, 5.74) is 5.56. The number of hydrogen-bond donors (Lipinski definition) is 2. The Kier molecular flexibility index (Phi) is 2.90. The van der Waals surface area contributed by atoms with Gasteiger partial charge in [0.2, 0.25) is 11.9 Å². The van der Waals surface area contributed by atoms with Crippen LogP contribution in [0.2, 0.25) is 0 Å². The Balaban J connectivity index is 2.07. The Hall–Kier alpha value is -1.10. The molecule has 82 valence electrons. The number of hydrogen-bond acceptors (Lipinski definition) is 5. The second-order valence-corrected chi connectivity index (χ2v) is 4.47. The smallest absolute Gasteiger partial charge is 0.227 e. The van der Waals surface area contributed by atoms with E-state index in [1.807, 2.05) is 0 Å². The average Bonchev–Trinajstić information content (AvgIpc) is 2.97. The lowest BCUT2D eigenvalue weighted by atomic mass is 10.4. The maximum Gasteiger partial charge on any atom is 0.227 e. The zero-order chi connectivity index (χ0) is 10.8. The predicted molar refractivity (Wildman–Crippen MR) is 59.7 cm³/mol. The zero-order valence-electron chi connectivity index (χ0n) is 8.57. The van der Waals surface area contributed by atoms with Crippen LogP contribution in [-0.4, -0.2) is 21.5 Å². The van der Waals surface area contributed by atoms with Crippen molar-refractivity contribution in [1.29, 1.82) is 0 Å². The molecule has 1 atom stereocenters. The SMILES string of the molecule is CC(Cl)c1nc(N)nc(NCC2CC2)n1. The van der Waals surface area contributed by atoms with Gasteiger partial charge in [0.25, 0.3) is 0 Å². The third-order valence-electron chi connectivity index (χ3n) is 2.27. The van der Waals surface area contributed by atoms with Gasteiger partial charge in [0.15, 0.2) is 5.82 Å². The van der Waals surface area contributed by atoms with E-state index in [1.54, 1.807) is 6.92 Å². The molecule has 1 aromatic rings. The number of anilines is 2. The molecule has 1 aromatic heterocycles. The Labute approximate surface area is 93.5 Å². The van der Waals surface area contributed by atoms with E-state index in [9.17, 15) is 0 Å². The zero-order valence-corrected chi connectivity index (χ0v) is 9.33. The molecule has 0 bridgehead atoms. The Morgan fingerprint density at radius 1 is 1.47 bits per heavy atom. The Morgan fingerprint density at radius 3 is 2.80 bits per heavy atom. The van der Waals surface area contributed by atoms with Crippen LogP contribution < -0.4 is 11.1 Å². The van der Waals surface area contributed by atoms with E-state index in [1.165, 1.54) is 12.8 Å². The third-order valence-corrected chi connectivity index (χ3v) is 2.47. The van der Waals surface area contributed by atoms with Crippen LogP contribution >= 0.6 is 11.6 Å². The second-order valence-electron chi connectivity index (χ2n) is 3.82. The summed E-state index contributed by atoms with van der Waals surface area (Å²) in [5.74, 6) is 2.02. The van der Waals surface area contributed by atoms with E-state index in [-0.39, 0.29) is 11.3 Å². The lowest BCUT2D eigenvalue weighted by molar-refractivity contribution is 0.842. The highest BCUT2D eigenvalue weighted by Gasteiger charge is 2.21. The van der Waals surface area contributed by atoms with E-state index in [0.29, 0.717) is 11.8 Å². The fraction of sp³-hybridized carbons (Fsp3) is 0.667. The summed E-state index contributed by atoms with van der Waals surface area (Å²) in [6, 6.07) is 0. The first kappa shape index (κ1) is 10.4. The monoisotopic (exact) mass is 227 g/mol. The standard InChI is InChI=1S/C9H14ClN5/c1-5(10)7-13-8(11)15-9(14-7)12-4-6-2-3-6/h5-6H,2-4H2,1H3,(H3,11,12,13,14,15). The number of nitrogen functional groups attached to an aromatic ring is 1. The van der Waals surface area contributed by atoms with Gasteiger partial charge in [-0.1, -0.05) is 0 Å². The van der Waals surface area contributed by atoms with E-state index in [4.69, 9.17) is 17.3 Å². The van der Waals surface area contributed by atoms with Crippen LogP contribution in [0.1, 0.15) is 31.0 Å². The average molecular weight is 228 g/mol. The van der Waals surface area contributed by atoms with Crippen molar-refractivity contribution in [3.63, 3.8) is 0 Å². The Bertz CT molecular complexity index is 350. The maximum atomic E-state index is 5.89. The number of alkyl halides is 1. The van der Waals surface area contributed by atoms with Crippen LogP contribution in [0.25, 0.3) is 0 Å². The van der Waals surface area contributed by atoms with Crippen molar-refractivity contribution in [2.75, 3.05) is 17.6 Å². The second kappa shape index (κ2) is 4.18. The molecule has 5 nitrogen and oxygen atoms in total. The van der Waals surface area contributed by atoms with E-state index in [0.717, 1.165) is 12.5 Å². The summed E-state index contributed by atoms with van der Waals surface area (Å²) in [6.07, 6.45) is 2.57. The lowest BCUT2D eigenvalue weighted by Crippen LogP contribution is -2.11. The molecule has 0 aliphatic heterocycles. The van der Waals surface area contributed by atoms with Crippen LogP contribution in [0.15, 0.2) is 0 Å². The first-order chi connectivity index (χ1) is 7.15. The number of aromatic nitrogens is 3. The van der Waals surface area contributed by atoms with Crippen molar-refractivity contribution >= 4 is 23.5 Å². The van der Waals surface area contributed by atoms with Gasteiger partial charge in [0, 0.05) is 6.54 Å². The van der Waals surface area contributed by atoms with Crippen molar-refractivity contribution in [2.45, 2.75) is 25.1 Å². The minimum atomic E-state index is -0.253. The first-order valence-electron chi connectivity index (χ1n) is 5.04. The molecule has 2 rings (SSSR count). The fourth-order valence-corrected chi connectivity index (χ4v) is 1.32. The summed E-state index contributed by atoms with van der Waals surface area (Å²) in [5, 5.41) is 2.89. The molecule has 0 spiro atoms. The number of rotatable bonds is 4. The van der Waals surface area contributed by atoms with Crippen LogP contribution in [-0.2, 0) is 0 Å². The number of nitrogens with one attached hydrogen (secondary N) is 1. The molecule has 3 N–H and O–H groups in total. The van der Waals surface area contributed by atoms with Gasteiger partial charge >= 0.3 is 0 Å². The van der Waals surface area contributed by atoms with Gasteiger partial charge in [-0.3, -0.25) is 0 Å². The van der Waals surface area contributed by atoms with Gasteiger partial charge in [-0.15, -0.1) is 11.6 Å². The van der Waals surface area contributed by atoms with Crippen molar-refractivity contribution < 1.29 is 0 Å². The minimum Gasteiger partial charge on any atom is -0.368 e. The molecule has 1 aliphatic rings. The highest BCUT2D eigenvalue weighted by Crippen LogP contribution is 2.28. The molecule has 6 heteroatoms. The summed E-state index contributed by atoms with van der Waals surface area (Å²) < 4.78 is 0. The molecule has 1 heterocycles. The van der Waals surface area contributed by atoms with E-state index in [2.05, 4.69) is 20.3 Å². The first-order valence-corrected chi connectivity index (χ1v) is 5.48. The highest BCUT2D eigenvalue weighted by molar-refractivity contribution is 6.20. The molecule has 1 unspecified atom stereocenters. The molecule has 1 aliphatic carbocycles. The molecule has 0 aromatic carbocycles. The van der Waals surface area contributed by atoms with Crippen molar-refractivity contribution in [3.05, 3.63) is 5.82 Å². The minimum absolute atomic E-state index is 0.214. The van der Waals surface area contributed by atoms with Crippen molar-refractivity contribution in [3.8, 4) is 0 Å². The number of nitrogens with zero attached hydrogens (tertiary/aromatic N) is 3. The topological polar surface area (TPSA) is 76.7 Å². The van der Waals surface area contributed by atoms with Gasteiger partial charge in [0.1, 0.15) is 0 Å². The summed E-state index contributed by atoms with van der Waals surface area (Å²) >= 11 is 5.89. The molecular weight excluding hydrogens is 214 g/mol. The lowest BCUT2D eigenvalue weighted by Gasteiger charge is -2.07. The third kappa shape index (κ3) is 2.92. The maximum absolute atomic E-state index is 5.89. The molecular formula is C9H14ClN5. The summed E-state index contributed by atoms with van der Waals surface area (Å²) in [4.78, 5) is 12.1. The fourth-order valence-electron chi connectivity index (χ4n) is 1.22. The predicted octanol–water partition coefficient (Wildman–Crippen LogP) is 1.58. The van der Waals surface area contributed by atoms with Gasteiger partial charge in [0.05, 0.1) is 5.38 Å². The molecule has 1 fully saturated rings. The van der Waals surface area contributed by atoms with Crippen LogP contribution in [0, 0.1) is 5.92 Å².